The Balaban J connectivity index is 2.96. The zero-order valence-electron chi connectivity index (χ0n) is 13.2. The maximum Gasteiger partial charge on any atom is 0.242 e. The van der Waals surface area contributed by atoms with E-state index in [1.54, 1.807) is 24.0 Å². The molecule has 1 N–H and O–H groups in total. The summed E-state index contributed by atoms with van der Waals surface area (Å²) >= 11 is 11.9. The Morgan fingerprint density at radius 1 is 1.23 bits per heavy atom. The second-order valence-electron chi connectivity index (χ2n) is 5.09. The van der Waals surface area contributed by atoms with Gasteiger partial charge in [-0.1, -0.05) is 36.2 Å². The van der Waals surface area contributed by atoms with Gasteiger partial charge in [0.15, 0.2) is 0 Å². The van der Waals surface area contributed by atoms with E-state index >= 15 is 0 Å². The van der Waals surface area contributed by atoms with E-state index in [1.165, 1.54) is 0 Å². The van der Waals surface area contributed by atoms with Gasteiger partial charge in [0.1, 0.15) is 6.04 Å². The molecule has 6 heteroatoms. The van der Waals surface area contributed by atoms with E-state index in [-0.39, 0.29) is 11.8 Å². The van der Waals surface area contributed by atoms with Crippen molar-refractivity contribution < 1.29 is 9.59 Å². The van der Waals surface area contributed by atoms with Crippen LogP contribution in [0.5, 0.6) is 0 Å². The number of rotatable bonds is 7. The second kappa shape index (κ2) is 9.01. The van der Waals surface area contributed by atoms with Gasteiger partial charge in [-0.15, -0.1) is 0 Å². The number of amides is 2. The maximum atomic E-state index is 12.3. The van der Waals surface area contributed by atoms with Crippen molar-refractivity contribution in [1.82, 2.24) is 10.2 Å². The van der Waals surface area contributed by atoms with Gasteiger partial charge in [0, 0.05) is 19.5 Å². The van der Waals surface area contributed by atoms with Crippen molar-refractivity contribution in [3.63, 3.8) is 0 Å². The maximum absolute atomic E-state index is 12.3. The Morgan fingerprint density at radius 3 is 2.45 bits per heavy atom. The zero-order valence-corrected chi connectivity index (χ0v) is 14.7. The van der Waals surface area contributed by atoms with Crippen LogP contribution in [0.15, 0.2) is 18.2 Å². The molecule has 0 radical (unpaired) electrons. The number of hydrogen-bond donors (Lipinski definition) is 1. The molecular formula is C16H22Cl2N2O2. The number of benzene rings is 1. The molecule has 1 aromatic rings. The summed E-state index contributed by atoms with van der Waals surface area (Å²) in [6, 6.07) is 4.69. The van der Waals surface area contributed by atoms with E-state index in [9.17, 15) is 9.59 Å². The van der Waals surface area contributed by atoms with Gasteiger partial charge >= 0.3 is 0 Å². The molecule has 1 rings (SSSR count). The molecule has 0 bridgehead atoms. The van der Waals surface area contributed by atoms with Gasteiger partial charge in [-0.3, -0.25) is 9.59 Å². The molecule has 0 heterocycles. The van der Waals surface area contributed by atoms with Crippen LogP contribution < -0.4 is 5.32 Å². The summed E-state index contributed by atoms with van der Waals surface area (Å²) in [5, 5.41) is 3.65. The van der Waals surface area contributed by atoms with Gasteiger partial charge in [0.25, 0.3) is 0 Å². The van der Waals surface area contributed by atoms with Gasteiger partial charge in [-0.05, 0) is 38.0 Å². The Hall–Kier alpha value is -1.26. The van der Waals surface area contributed by atoms with E-state index in [0.717, 1.165) is 12.0 Å². The predicted octanol–water partition coefficient (Wildman–Crippen LogP) is 3.65. The molecule has 0 unspecified atom stereocenters. The van der Waals surface area contributed by atoms with E-state index in [1.807, 2.05) is 19.9 Å². The molecule has 122 valence electrons. The molecule has 0 fully saturated rings. The standard InChI is InChI=1S/C16H22Cl2N2O2/c1-4-6-15(21)20(11(3)16(22)19-5-2)10-12-7-8-13(17)14(18)9-12/h7-9,11H,4-6,10H2,1-3H3,(H,19,22)/t11-/m1/s1. The summed E-state index contributed by atoms with van der Waals surface area (Å²) in [4.78, 5) is 26.0. The number of halogens is 2. The monoisotopic (exact) mass is 344 g/mol. The second-order valence-corrected chi connectivity index (χ2v) is 5.91. The van der Waals surface area contributed by atoms with Crippen molar-refractivity contribution in [3.05, 3.63) is 33.8 Å². The molecule has 0 aliphatic rings. The average Bonchev–Trinajstić information content (AvgIpc) is 2.48. The first kappa shape index (κ1) is 18.8. The van der Waals surface area contributed by atoms with Crippen molar-refractivity contribution in [2.24, 2.45) is 0 Å². The summed E-state index contributed by atoms with van der Waals surface area (Å²) in [6.45, 7) is 6.38. The topological polar surface area (TPSA) is 49.4 Å². The van der Waals surface area contributed by atoms with E-state index in [0.29, 0.717) is 29.6 Å². The largest absolute Gasteiger partial charge is 0.355 e. The van der Waals surface area contributed by atoms with Crippen molar-refractivity contribution in [2.75, 3.05) is 6.54 Å². The molecule has 1 aromatic carbocycles. The van der Waals surface area contributed by atoms with Crippen LogP contribution in [-0.4, -0.2) is 29.3 Å². The lowest BCUT2D eigenvalue weighted by molar-refractivity contribution is -0.140. The minimum absolute atomic E-state index is 0.0488. The highest BCUT2D eigenvalue weighted by Crippen LogP contribution is 2.24. The minimum Gasteiger partial charge on any atom is -0.355 e. The number of nitrogens with one attached hydrogen (secondary N) is 1. The van der Waals surface area contributed by atoms with Gasteiger partial charge < -0.3 is 10.2 Å². The first-order chi connectivity index (χ1) is 10.4. The summed E-state index contributed by atoms with van der Waals surface area (Å²) < 4.78 is 0. The lowest BCUT2D eigenvalue weighted by atomic mass is 10.1. The van der Waals surface area contributed by atoms with Gasteiger partial charge in [-0.25, -0.2) is 0 Å². The molecule has 0 spiro atoms. The molecule has 0 saturated heterocycles. The smallest absolute Gasteiger partial charge is 0.242 e. The Morgan fingerprint density at radius 2 is 1.91 bits per heavy atom. The van der Waals surface area contributed by atoms with E-state index in [4.69, 9.17) is 23.2 Å². The molecule has 0 saturated carbocycles. The highest BCUT2D eigenvalue weighted by Gasteiger charge is 2.25. The molecular weight excluding hydrogens is 323 g/mol. The van der Waals surface area contributed by atoms with Crippen LogP contribution in [0.1, 0.15) is 39.2 Å². The number of carbonyl (C=O) groups excluding carboxylic acids is 2. The fourth-order valence-electron chi connectivity index (χ4n) is 2.10. The van der Waals surface area contributed by atoms with Crippen molar-refractivity contribution in [1.29, 1.82) is 0 Å². The van der Waals surface area contributed by atoms with Crippen LogP contribution in [0.25, 0.3) is 0 Å². The van der Waals surface area contributed by atoms with Crippen LogP contribution >= 0.6 is 23.2 Å². The summed E-state index contributed by atoms with van der Waals surface area (Å²) in [6.07, 6.45) is 1.14. The minimum atomic E-state index is -0.534. The Kier molecular flexibility index (Phi) is 7.69. The van der Waals surface area contributed by atoms with Crippen LogP contribution in [0.2, 0.25) is 10.0 Å². The summed E-state index contributed by atoms with van der Waals surface area (Å²) in [5.74, 6) is -0.209. The number of likely N-dealkylation sites (N-methyl/N-ethyl adjacent to an activating group) is 1. The van der Waals surface area contributed by atoms with Crippen molar-refractivity contribution in [2.45, 2.75) is 46.2 Å². The van der Waals surface area contributed by atoms with Crippen molar-refractivity contribution >= 4 is 35.0 Å². The highest BCUT2D eigenvalue weighted by atomic mass is 35.5. The number of carbonyl (C=O) groups is 2. The molecule has 4 nitrogen and oxygen atoms in total. The SMILES string of the molecule is CCCC(=O)N(Cc1ccc(Cl)c(Cl)c1)[C@H](C)C(=O)NCC. The molecule has 0 aliphatic heterocycles. The molecule has 0 aliphatic carbocycles. The first-order valence-electron chi connectivity index (χ1n) is 7.41. The third-order valence-corrected chi connectivity index (χ3v) is 4.06. The lowest BCUT2D eigenvalue weighted by Crippen LogP contribution is -2.47. The predicted molar refractivity (Wildman–Crippen MR) is 90.1 cm³/mol. The molecule has 22 heavy (non-hydrogen) atoms. The third kappa shape index (κ3) is 5.18. The normalized spacial score (nSPS) is 11.9. The average molecular weight is 345 g/mol. The number of hydrogen-bond acceptors (Lipinski definition) is 2. The van der Waals surface area contributed by atoms with Gasteiger partial charge in [-0.2, -0.15) is 0 Å². The Bertz CT molecular complexity index is 535. The first-order valence-corrected chi connectivity index (χ1v) is 8.17. The van der Waals surface area contributed by atoms with Crippen LogP contribution in [-0.2, 0) is 16.1 Å². The highest BCUT2D eigenvalue weighted by molar-refractivity contribution is 6.42. The van der Waals surface area contributed by atoms with Gasteiger partial charge in [0.2, 0.25) is 11.8 Å². The van der Waals surface area contributed by atoms with Crippen LogP contribution in [0, 0.1) is 0 Å². The Labute approximate surface area is 141 Å². The molecule has 2 amide bonds. The third-order valence-electron chi connectivity index (χ3n) is 3.32. The number of nitrogens with zero attached hydrogens (tertiary/aromatic N) is 1. The lowest BCUT2D eigenvalue weighted by Gasteiger charge is -2.28. The summed E-state index contributed by atoms with van der Waals surface area (Å²) in [5.41, 5.74) is 0.843. The van der Waals surface area contributed by atoms with Crippen LogP contribution in [0.3, 0.4) is 0 Å². The van der Waals surface area contributed by atoms with Gasteiger partial charge in [0.05, 0.1) is 10.0 Å². The molecule has 0 aromatic heterocycles. The van der Waals surface area contributed by atoms with E-state index in [2.05, 4.69) is 5.32 Å². The quantitative estimate of drug-likeness (QED) is 0.820. The zero-order chi connectivity index (χ0) is 16.7. The summed E-state index contributed by atoms with van der Waals surface area (Å²) in [7, 11) is 0. The molecule has 1 atom stereocenters. The fourth-order valence-corrected chi connectivity index (χ4v) is 2.42. The fraction of sp³-hybridized carbons (Fsp3) is 0.500. The van der Waals surface area contributed by atoms with Crippen LogP contribution in [0.4, 0.5) is 0 Å². The van der Waals surface area contributed by atoms with E-state index < -0.39 is 6.04 Å². The van der Waals surface area contributed by atoms with Crippen molar-refractivity contribution in [3.8, 4) is 0 Å².